The molecule has 0 spiro atoms. The normalized spacial score (nSPS) is 12.5. The molecule has 2 aromatic rings. The van der Waals surface area contributed by atoms with Gasteiger partial charge in [-0.2, -0.15) is 0 Å². The van der Waals surface area contributed by atoms with E-state index in [2.05, 4.69) is 28.9 Å². The number of hydrogen-bond acceptors (Lipinski definition) is 3. The molecule has 0 fully saturated rings. The van der Waals surface area contributed by atoms with Gasteiger partial charge in [-0.05, 0) is 43.2 Å². The minimum absolute atomic E-state index is 0.642. The van der Waals surface area contributed by atoms with Crippen LogP contribution in [0.1, 0.15) is 33.9 Å². The highest BCUT2D eigenvalue weighted by Gasteiger charge is 2.18. The molecule has 0 radical (unpaired) electrons. The average molecular weight is 341 g/mol. The van der Waals surface area contributed by atoms with Crippen LogP contribution in [0, 0.1) is 6.92 Å². The highest BCUT2D eigenvalue weighted by Crippen LogP contribution is 2.36. The number of aliphatic hydroxyl groups is 1. The predicted molar refractivity (Wildman–Crippen MR) is 83.2 cm³/mol. The molecular formula is C15H17BrO2S. The van der Waals surface area contributed by atoms with Gasteiger partial charge in [0.25, 0.3) is 0 Å². The number of thiophene rings is 1. The number of hydrogen-bond donors (Lipinski definition) is 1. The fraction of sp³-hybridized carbons (Fsp3) is 0.333. The lowest BCUT2D eigenvalue weighted by Crippen LogP contribution is -2.01. The topological polar surface area (TPSA) is 29.5 Å². The van der Waals surface area contributed by atoms with Gasteiger partial charge in [-0.3, -0.25) is 0 Å². The molecule has 0 aliphatic rings. The molecule has 0 aliphatic heterocycles. The molecule has 1 aromatic carbocycles. The Morgan fingerprint density at radius 1 is 1.37 bits per heavy atom. The second-order valence-electron chi connectivity index (χ2n) is 4.40. The van der Waals surface area contributed by atoms with Crippen molar-refractivity contribution in [1.82, 2.24) is 0 Å². The smallest absolute Gasteiger partial charge is 0.125 e. The van der Waals surface area contributed by atoms with Crippen LogP contribution in [-0.2, 0) is 6.42 Å². The molecule has 1 aromatic heterocycles. The summed E-state index contributed by atoms with van der Waals surface area (Å²) in [5, 5.41) is 10.5. The standard InChI is InChI=1S/C15H17BrO2S/c1-4-10-5-6-14(19-10)15(17)11-8-12(16)9(2)7-13(11)18-3/h5-8,15,17H,4H2,1-3H3. The maximum absolute atomic E-state index is 10.5. The number of methoxy groups -OCH3 is 1. The van der Waals surface area contributed by atoms with Crippen molar-refractivity contribution in [2.45, 2.75) is 26.4 Å². The minimum Gasteiger partial charge on any atom is -0.496 e. The summed E-state index contributed by atoms with van der Waals surface area (Å²) in [5.74, 6) is 0.722. The molecule has 0 aliphatic carbocycles. The third-order valence-electron chi connectivity index (χ3n) is 3.11. The number of benzene rings is 1. The molecule has 0 saturated heterocycles. The summed E-state index contributed by atoms with van der Waals surface area (Å²) in [6.07, 6.45) is 0.351. The molecule has 2 rings (SSSR count). The number of aliphatic hydroxyl groups excluding tert-OH is 1. The van der Waals surface area contributed by atoms with Crippen molar-refractivity contribution < 1.29 is 9.84 Å². The Bertz CT molecular complexity index is 578. The minimum atomic E-state index is -0.642. The van der Waals surface area contributed by atoms with E-state index in [9.17, 15) is 5.11 Å². The fourth-order valence-electron chi connectivity index (χ4n) is 1.95. The summed E-state index contributed by atoms with van der Waals surface area (Å²) >= 11 is 5.15. The third kappa shape index (κ3) is 3.02. The summed E-state index contributed by atoms with van der Waals surface area (Å²) in [6, 6.07) is 7.93. The molecule has 0 bridgehead atoms. The van der Waals surface area contributed by atoms with E-state index >= 15 is 0 Å². The maximum Gasteiger partial charge on any atom is 0.125 e. The van der Waals surface area contributed by atoms with Gasteiger partial charge in [0.15, 0.2) is 0 Å². The Morgan fingerprint density at radius 3 is 2.68 bits per heavy atom. The van der Waals surface area contributed by atoms with Gasteiger partial charge in [-0.15, -0.1) is 11.3 Å². The van der Waals surface area contributed by atoms with Gasteiger partial charge in [-0.1, -0.05) is 22.9 Å². The Kier molecular flexibility index (Phi) is 4.66. The lowest BCUT2D eigenvalue weighted by Gasteiger charge is -2.15. The molecule has 1 atom stereocenters. The fourth-order valence-corrected chi connectivity index (χ4v) is 3.26. The van der Waals surface area contributed by atoms with Crippen molar-refractivity contribution in [3.05, 3.63) is 49.6 Å². The predicted octanol–water partition coefficient (Wildman–Crippen LogP) is 4.47. The van der Waals surface area contributed by atoms with Gasteiger partial charge >= 0.3 is 0 Å². The second kappa shape index (κ2) is 6.07. The lowest BCUT2D eigenvalue weighted by molar-refractivity contribution is 0.218. The summed E-state index contributed by atoms with van der Waals surface area (Å²) in [6.45, 7) is 4.12. The van der Waals surface area contributed by atoms with Crippen molar-refractivity contribution in [2.24, 2.45) is 0 Å². The van der Waals surface area contributed by atoms with E-state index in [-0.39, 0.29) is 0 Å². The molecule has 1 unspecified atom stereocenters. The number of aryl methyl sites for hydroxylation is 2. The molecule has 1 N–H and O–H groups in total. The van der Waals surface area contributed by atoms with Crippen LogP contribution in [0.15, 0.2) is 28.7 Å². The van der Waals surface area contributed by atoms with E-state index in [4.69, 9.17) is 4.74 Å². The van der Waals surface area contributed by atoms with E-state index in [0.717, 1.165) is 32.6 Å². The molecule has 1 heterocycles. The molecule has 0 saturated carbocycles. The van der Waals surface area contributed by atoms with Crippen LogP contribution in [0.2, 0.25) is 0 Å². The van der Waals surface area contributed by atoms with Crippen molar-refractivity contribution in [2.75, 3.05) is 7.11 Å². The van der Waals surface area contributed by atoms with Crippen LogP contribution in [0.25, 0.3) is 0 Å². The van der Waals surface area contributed by atoms with Crippen LogP contribution in [0.3, 0.4) is 0 Å². The van der Waals surface area contributed by atoms with Crippen LogP contribution >= 0.6 is 27.3 Å². The zero-order chi connectivity index (χ0) is 14.0. The Morgan fingerprint density at radius 2 is 2.11 bits per heavy atom. The van der Waals surface area contributed by atoms with E-state index in [1.54, 1.807) is 18.4 Å². The van der Waals surface area contributed by atoms with Crippen LogP contribution in [0.5, 0.6) is 5.75 Å². The first-order valence-corrected chi connectivity index (χ1v) is 7.78. The van der Waals surface area contributed by atoms with Gasteiger partial charge in [0.05, 0.1) is 7.11 Å². The maximum atomic E-state index is 10.5. The first kappa shape index (κ1) is 14.6. The van der Waals surface area contributed by atoms with Gasteiger partial charge < -0.3 is 9.84 Å². The highest BCUT2D eigenvalue weighted by atomic mass is 79.9. The largest absolute Gasteiger partial charge is 0.496 e. The van der Waals surface area contributed by atoms with E-state index in [1.165, 1.54) is 4.88 Å². The highest BCUT2D eigenvalue weighted by molar-refractivity contribution is 9.10. The lowest BCUT2D eigenvalue weighted by atomic mass is 10.0. The van der Waals surface area contributed by atoms with Crippen LogP contribution in [-0.4, -0.2) is 12.2 Å². The summed E-state index contributed by atoms with van der Waals surface area (Å²) in [7, 11) is 1.63. The first-order chi connectivity index (χ1) is 9.06. The van der Waals surface area contributed by atoms with Crippen LogP contribution < -0.4 is 4.74 Å². The summed E-state index contributed by atoms with van der Waals surface area (Å²) < 4.78 is 6.36. The number of ether oxygens (including phenoxy) is 1. The van der Waals surface area contributed by atoms with Crippen molar-refractivity contribution in [1.29, 1.82) is 0 Å². The molecule has 0 amide bonds. The van der Waals surface area contributed by atoms with Gasteiger partial charge in [0.2, 0.25) is 0 Å². The van der Waals surface area contributed by atoms with Gasteiger partial charge in [-0.25, -0.2) is 0 Å². The molecule has 4 heteroatoms. The molecule has 2 nitrogen and oxygen atoms in total. The SMILES string of the molecule is CCc1ccc(C(O)c2cc(Br)c(C)cc2OC)s1. The monoisotopic (exact) mass is 340 g/mol. The summed E-state index contributed by atoms with van der Waals surface area (Å²) in [5.41, 5.74) is 1.89. The average Bonchev–Trinajstić information content (AvgIpc) is 2.89. The third-order valence-corrected chi connectivity index (χ3v) is 5.24. The molecular weight excluding hydrogens is 324 g/mol. The Balaban J connectivity index is 2.42. The Hall–Kier alpha value is -0.840. The van der Waals surface area contributed by atoms with E-state index < -0.39 is 6.10 Å². The molecule has 19 heavy (non-hydrogen) atoms. The van der Waals surface area contributed by atoms with Crippen LogP contribution in [0.4, 0.5) is 0 Å². The van der Waals surface area contributed by atoms with Crippen molar-refractivity contribution in [3.8, 4) is 5.75 Å². The first-order valence-electron chi connectivity index (χ1n) is 6.17. The zero-order valence-electron chi connectivity index (χ0n) is 11.2. The number of halogens is 1. The van der Waals surface area contributed by atoms with Crippen molar-refractivity contribution >= 4 is 27.3 Å². The molecule has 102 valence electrons. The number of rotatable bonds is 4. The second-order valence-corrected chi connectivity index (χ2v) is 6.46. The van der Waals surface area contributed by atoms with E-state index in [0.29, 0.717) is 0 Å². The Labute approximate surface area is 126 Å². The summed E-state index contributed by atoms with van der Waals surface area (Å²) in [4.78, 5) is 2.23. The zero-order valence-corrected chi connectivity index (χ0v) is 13.6. The van der Waals surface area contributed by atoms with Gasteiger partial charge in [0, 0.05) is 19.8 Å². The quantitative estimate of drug-likeness (QED) is 0.889. The van der Waals surface area contributed by atoms with Gasteiger partial charge in [0.1, 0.15) is 11.9 Å². The van der Waals surface area contributed by atoms with Crippen molar-refractivity contribution in [3.63, 3.8) is 0 Å². The van der Waals surface area contributed by atoms with E-state index in [1.807, 2.05) is 25.1 Å².